The highest BCUT2D eigenvalue weighted by molar-refractivity contribution is 5.99. The van der Waals surface area contributed by atoms with E-state index in [2.05, 4.69) is 21.6 Å². The van der Waals surface area contributed by atoms with Gasteiger partial charge in [-0.05, 0) is 79.8 Å². The van der Waals surface area contributed by atoms with Crippen LogP contribution in [0.3, 0.4) is 0 Å². The van der Waals surface area contributed by atoms with E-state index in [1.165, 1.54) is 28.5 Å². The lowest BCUT2D eigenvalue weighted by Gasteiger charge is -2.30. The lowest BCUT2D eigenvalue weighted by Crippen LogP contribution is -2.45. The van der Waals surface area contributed by atoms with Gasteiger partial charge in [-0.15, -0.1) is 0 Å². The first kappa shape index (κ1) is 18.6. The summed E-state index contributed by atoms with van der Waals surface area (Å²) in [6.45, 7) is 3.20. The van der Waals surface area contributed by atoms with Gasteiger partial charge in [0.05, 0.1) is 11.6 Å². The van der Waals surface area contributed by atoms with Crippen LogP contribution in [0.2, 0.25) is 0 Å². The molecule has 4 rings (SSSR count). The fourth-order valence-electron chi connectivity index (χ4n) is 4.56. The topological polar surface area (TPSA) is 92.2 Å². The first-order valence-corrected chi connectivity index (χ1v) is 9.92. The number of nitrogens with one attached hydrogen (secondary N) is 1. The Morgan fingerprint density at radius 1 is 1.14 bits per heavy atom. The number of nitrogens with zero attached hydrogens (tertiary/aromatic N) is 2. The Balaban J connectivity index is 1.68. The number of aliphatic carboxylic acids is 1. The standard InChI is InChI=1S/C22H25N3O3/c1-13(22(2,21(27)28)18-10-5-11-23-25-18)20(26)24-19-16-8-3-6-14(16)12-15-7-4-9-17(15)19/h5,10-13H,3-4,6-9H2,1-2H3,(H,24,26)(H,27,28). The number of carbonyl (C=O) groups excluding carboxylic acids is 1. The number of aromatic nitrogens is 2. The minimum absolute atomic E-state index is 0.286. The van der Waals surface area contributed by atoms with Crippen molar-refractivity contribution >= 4 is 17.6 Å². The Bertz CT molecular complexity index is 910. The van der Waals surface area contributed by atoms with Gasteiger partial charge in [0.2, 0.25) is 5.91 Å². The lowest BCUT2D eigenvalue weighted by molar-refractivity contribution is -0.148. The third-order valence-corrected chi connectivity index (χ3v) is 6.53. The second-order valence-corrected chi connectivity index (χ2v) is 8.06. The summed E-state index contributed by atoms with van der Waals surface area (Å²) in [6.07, 6.45) is 7.72. The van der Waals surface area contributed by atoms with Gasteiger partial charge in [-0.25, -0.2) is 0 Å². The van der Waals surface area contributed by atoms with E-state index >= 15 is 0 Å². The Morgan fingerprint density at radius 2 is 1.79 bits per heavy atom. The van der Waals surface area contributed by atoms with Crippen molar-refractivity contribution in [2.45, 2.75) is 57.8 Å². The summed E-state index contributed by atoms with van der Waals surface area (Å²) < 4.78 is 0. The number of aryl methyl sites for hydroxylation is 2. The lowest BCUT2D eigenvalue weighted by atomic mass is 9.74. The molecule has 0 aliphatic heterocycles. The SMILES string of the molecule is CC(C(=O)Nc1c2c(cc3c1CCC3)CCC2)C(C)(C(=O)O)c1cccnn1. The molecule has 0 radical (unpaired) electrons. The molecule has 0 fully saturated rings. The first-order chi connectivity index (χ1) is 13.4. The van der Waals surface area contributed by atoms with Crippen LogP contribution in [0.1, 0.15) is 54.6 Å². The van der Waals surface area contributed by atoms with Gasteiger partial charge in [-0.2, -0.15) is 10.2 Å². The number of carboxylic acids is 1. The number of rotatable bonds is 5. The smallest absolute Gasteiger partial charge is 0.316 e. The van der Waals surface area contributed by atoms with E-state index in [4.69, 9.17) is 0 Å². The number of benzene rings is 1. The maximum Gasteiger partial charge on any atom is 0.316 e. The predicted molar refractivity (Wildman–Crippen MR) is 105 cm³/mol. The van der Waals surface area contributed by atoms with Crippen LogP contribution < -0.4 is 5.32 Å². The summed E-state index contributed by atoms with van der Waals surface area (Å²) in [5.41, 5.74) is 4.90. The molecule has 2 aliphatic rings. The minimum atomic E-state index is -1.46. The molecule has 6 nitrogen and oxygen atoms in total. The van der Waals surface area contributed by atoms with Gasteiger partial charge in [-0.1, -0.05) is 13.0 Å². The highest BCUT2D eigenvalue weighted by Gasteiger charge is 2.46. The molecule has 2 N–H and O–H groups in total. The Hall–Kier alpha value is -2.76. The van der Waals surface area contributed by atoms with E-state index in [-0.39, 0.29) is 11.6 Å². The van der Waals surface area contributed by atoms with Crippen molar-refractivity contribution < 1.29 is 14.7 Å². The first-order valence-electron chi connectivity index (χ1n) is 9.92. The summed E-state index contributed by atoms with van der Waals surface area (Å²) in [7, 11) is 0. The molecular formula is C22H25N3O3. The van der Waals surface area contributed by atoms with Crippen LogP contribution >= 0.6 is 0 Å². The average molecular weight is 379 g/mol. The molecule has 1 aromatic carbocycles. The molecule has 0 saturated heterocycles. The number of anilines is 1. The van der Waals surface area contributed by atoms with Crippen molar-refractivity contribution in [1.29, 1.82) is 0 Å². The molecule has 0 saturated carbocycles. The molecule has 28 heavy (non-hydrogen) atoms. The molecule has 2 aliphatic carbocycles. The van der Waals surface area contributed by atoms with Crippen LogP contribution in [0, 0.1) is 5.92 Å². The van der Waals surface area contributed by atoms with E-state index in [0.717, 1.165) is 44.2 Å². The van der Waals surface area contributed by atoms with Crippen LogP contribution in [-0.2, 0) is 40.7 Å². The summed E-state index contributed by atoms with van der Waals surface area (Å²) >= 11 is 0. The van der Waals surface area contributed by atoms with Crippen molar-refractivity contribution in [2.75, 3.05) is 5.32 Å². The largest absolute Gasteiger partial charge is 0.481 e. The molecular weight excluding hydrogens is 354 g/mol. The normalized spacial score (nSPS) is 18.1. The predicted octanol–water partition coefficient (Wildman–Crippen LogP) is 3.07. The number of carbonyl (C=O) groups is 2. The number of carboxylic acid groups (broad SMARTS) is 1. The zero-order chi connectivity index (χ0) is 19.9. The molecule has 1 heterocycles. The van der Waals surface area contributed by atoms with Crippen molar-refractivity contribution in [1.82, 2.24) is 10.2 Å². The minimum Gasteiger partial charge on any atom is -0.481 e. The molecule has 2 unspecified atom stereocenters. The third-order valence-electron chi connectivity index (χ3n) is 6.53. The van der Waals surface area contributed by atoms with Crippen molar-refractivity contribution in [3.8, 4) is 0 Å². The van der Waals surface area contributed by atoms with Gasteiger partial charge in [0.25, 0.3) is 0 Å². The fraction of sp³-hybridized carbons (Fsp3) is 0.455. The third kappa shape index (κ3) is 2.87. The van der Waals surface area contributed by atoms with Crippen molar-refractivity contribution in [2.24, 2.45) is 5.92 Å². The monoisotopic (exact) mass is 379 g/mol. The second kappa shape index (κ2) is 7.00. The van der Waals surface area contributed by atoms with Gasteiger partial charge in [-0.3, -0.25) is 9.59 Å². The summed E-state index contributed by atoms with van der Waals surface area (Å²) in [5.74, 6) is -2.18. The summed E-state index contributed by atoms with van der Waals surface area (Å²) in [5, 5.41) is 20.9. The highest BCUT2D eigenvalue weighted by atomic mass is 16.4. The Kier molecular flexibility index (Phi) is 4.65. The maximum atomic E-state index is 13.2. The van der Waals surface area contributed by atoms with E-state index < -0.39 is 17.3 Å². The Morgan fingerprint density at radius 3 is 2.32 bits per heavy atom. The van der Waals surface area contributed by atoms with E-state index in [9.17, 15) is 14.7 Å². The van der Waals surface area contributed by atoms with Gasteiger partial charge in [0.1, 0.15) is 5.41 Å². The quantitative estimate of drug-likeness (QED) is 0.833. The summed E-state index contributed by atoms with van der Waals surface area (Å²) in [4.78, 5) is 25.4. The molecule has 146 valence electrons. The van der Waals surface area contributed by atoms with Crippen LogP contribution in [0.15, 0.2) is 24.4 Å². The zero-order valence-corrected chi connectivity index (χ0v) is 16.3. The van der Waals surface area contributed by atoms with Crippen LogP contribution in [-0.4, -0.2) is 27.2 Å². The van der Waals surface area contributed by atoms with Crippen molar-refractivity contribution in [3.05, 3.63) is 52.3 Å². The number of amides is 1. The van der Waals surface area contributed by atoms with Gasteiger partial charge < -0.3 is 10.4 Å². The second-order valence-electron chi connectivity index (χ2n) is 8.06. The zero-order valence-electron chi connectivity index (χ0n) is 16.3. The van der Waals surface area contributed by atoms with E-state index in [0.29, 0.717) is 0 Å². The van der Waals surface area contributed by atoms with Crippen LogP contribution in [0.25, 0.3) is 0 Å². The fourth-order valence-corrected chi connectivity index (χ4v) is 4.56. The molecule has 2 atom stereocenters. The number of hydrogen-bond acceptors (Lipinski definition) is 4. The van der Waals surface area contributed by atoms with E-state index in [1.807, 2.05) is 0 Å². The molecule has 1 amide bonds. The van der Waals surface area contributed by atoms with Crippen LogP contribution in [0.5, 0.6) is 0 Å². The highest BCUT2D eigenvalue weighted by Crippen LogP contribution is 2.40. The van der Waals surface area contributed by atoms with Crippen molar-refractivity contribution in [3.63, 3.8) is 0 Å². The van der Waals surface area contributed by atoms with Gasteiger partial charge in [0.15, 0.2) is 0 Å². The molecule has 0 bridgehead atoms. The van der Waals surface area contributed by atoms with E-state index in [1.54, 1.807) is 26.0 Å². The average Bonchev–Trinajstić information content (AvgIpc) is 3.36. The molecule has 1 aromatic heterocycles. The van der Waals surface area contributed by atoms with Gasteiger partial charge >= 0.3 is 5.97 Å². The van der Waals surface area contributed by atoms with Gasteiger partial charge in [0, 0.05) is 11.9 Å². The molecule has 6 heteroatoms. The number of hydrogen-bond donors (Lipinski definition) is 2. The molecule has 0 spiro atoms. The molecule has 2 aromatic rings. The maximum absolute atomic E-state index is 13.2. The Labute approximate surface area is 164 Å². The summed E-state index contributed by atoms with van der Waals surface area (Å²) in [6, 6.07) is 5.57. The van der Waals surface area contributed by atoms with Crippen LogP contribution in [0.4, 0.5) is 5.69 Å². The number of fused-ring (bicyclic) bond motifs is 2.